The molecule has 38 heavy (non-hydrogen) atoms. The Morgan fingerprint density at radius 1 is 1.08 bits per heavy atom. The number of carbonyl (C=O) groups excluding carboxylic acids is 1. The van der Waals surface area contributed by atoms with Gasteiger partial charge in [-0.05, 0) is 22.6 Å². The third-order valence-corrected chi connectivity index (χ3v) is 6.41. The molecule has 4 aromatic rings. The predicted octanol–water partition coefficient (Wildman–Crippen LogP) is 2.91. The molecule has 2 unspecified atom stereocenters. The highest BCUT2D eigenvalue weighted by atomic mass is 16.3. The van der Waals surface area contributed by atoms with Crippen LogP contribution in [0.25, 0.3) is 11.3 Å². The maximum atomic E-state index is 13.8. The van der Waals surface area contributed by atoms with Crippen molar-refractivity contribution in [3.63, 3.8) is 0 Å². The van der Waals surface area contributed by atoms with E-state index in [-0.39, 0.29) is 24.5 Å². The summed E-state index contributed by atoms with van der Waals surface area (Å²) in [6, 6.07) is 19.4. The van der Waals surface area contributed by atoms with Crippen LogP contribution in [0.2, 0.25) is 0 Å². The van der Waals surface area contributed by atoms with Gasteiger partial charge in [0.2, 0.25) is 5.91 Å². The lowest BCUT2D eigenvalue weighted by atomic mass is 9.84. The van der Waals surface area contributed by atoms with E-state index in [0.29, 0.717) is 19.5 Å². The SMILES string of the molecule is CC(C)(C)C(c1nc(-c2ccccc2)cn1Cc1ccccc1)N(CCC(N)CO)C(=O)Cn1ncnn1. The molecule has 2 aromatic carbocycles. The molecule has 10 nitrogen and oxygen atoms in total. The number of benzene rings is 2. The number of tetrazole rings is 1. The number of amides is 1. The number of nitrogens with two attached hydrogens (primary N) is 1. The van der Waals surface area contributed by atoms with Crippen LogP contribution in [-0.4, -0.2) is 64.9 Å². The van der Waals surface area contributed by atoms with Crippen molar-refractivity contribution < 1.29 is 9.90 Å². The van der Waals surface area contributed by atoms with Crippen molar-refractivity contribution in [1.29, 1.82) is 0 Å². The van der Waals surface area contributed by atoms with E-state index >= 15 is 0 Å². The summed E-state index contributed by atoms with van der Waals surface area (Å²) in [4.78, 5) is 22.0. The minimum atomic E-state index is -0.445. The van der Waals surface area contributed by atoms with Gasteiger partial charge in [0.1, 0.15) is 12.4 Å². The molecule has 2 atom stereocenters. The topological polar surface area (TPSA) is 128 Å². The van der Waals surface area contributed by atoms with Crippen molar-refractivity contribution in [2.24, 2.45) is 11.1 Å². The van der Waals surface area contributed by atoms with Crippen molar-refractivity contribution in [3.8, 4) is 11.3 Å². The fourth-order valence-corrected chi connectivity index (χ4v) is 4.56. The van der Waals surface area contributed by atoms with Gasteiger partial charge in [-0.2, -0.15) is 4.80 Å². The number of aliphatic hydroxyl groups excluding tert-OH is 1. The largest absolute Gasteiger partial charge is 0.395 e. The predicted molar refractivity (Wildman–Crippen MR) is 145 cm³/mol. The van der Waals surface area contributed by atoms with E-state index in [1.165, 1.54) is 11.1 Å². The number of imidazole rings is 1. The van der Waals surface area contributed by atoms with Gasteiger partial charge in [-0.15, -0.1) is 10.2 Å². The number of aromatic nitrogens is 6. The Labute approximate surface area is 223 Å². The number of aliphatic hydroxyl groups is 1. The van der Waals surface area contributed by atoms with E-state index < -0.39 is 12.1 Å². The minimum absolute atomic E-state index is 0.0636. The van der Waals surface area contributed by atoms with E-state index in [2.05, 4.69) is 59.1 Å². The van der Waals surface area contributed by atoms with Gasteiger partial charge >= 0.3 is 0 Å². The van der Waals surface area contributed by atoms with E-state index in [0.717, 1.165) is 22.6 Å². The lowest BCUT2D eigenvalue weighted by molar-refractivity contribution is -0.138. The van der Waals surface area contributed by atoms with Crippen LogP contribution in [0.3, 0.4) is 0 Å². The van der Waals surface area contributed by atoms with Crippen LogP contribution >= 0.6 is 0 Å². The molecule has 3 N–H and O–H groups in total. The summed E-state index contributed by atoms with van der Waals surface area (Å²) in [7, 11) is 0. The molecule has 0 aliphatic carbocycles. The molecule has 2 heterocycles. The smallest absolute Gasteiger partial charge is 0.246 e. The zero-order valence-corrected chi connectivity index (χ0v) is 22.2. The zero-order valence-electron chi connectivity index (χ0n) is 22.2. The third-order valence-electron chi connectivity index (χ3n) is 6.41. The molecule has 0 aliphatic heterocycles. The Hall–Kier alpha value is -3.89. The molecule has 0 saturated carbocycles. The van der Waals surface area contributed by atoms with Crippen LogP contribution in [0, 0.1) is 5.41 Å². The average Bonchev–Trinajstić information content (AvgIpc) is 3.56. The van der Waals surface area contributed by atoms with Gasteiger partial charge in [0.25, 0.3) is 0 Å². The summed E-state index contributed by atoms with van der Waals surface area (Å²) in [5.74, 6) is 0.598. The van der Waals surface area contributed by atoms with Crippen LogP contribution in [0.15, 0.2) is 73.2 Å². The summed E-state index contributed by atoms with van der Waals surface area (Å²) < 4.78 is 2.13. The van der Waals surface area contributed by atoms with E-state index in [1.54, 1.807) is 4.90 Å². The molecule has 0 saturated heterocycles. The van der Waals surface area contributed by atoms with E-state index in [1.807, 2.05) is 48.5 Å². The standard InChI is InChI=1S/C28H36N8O2/c1-28(2,3)26(35(15-14-23(29)19-37)25(38)18-36-31-20-30-33-36)27-32-24(22-12-8-5-9-13-22)17-34(27)16-21-10-6-4-7-11-21/h4-13,17,20,23,26,37H,14-16,18-19,29H2,1-3H3. The first-order chi connectivity index (χ1) is 18.3. The number of hydrogen-bond acceptors (Lipinski definition) is 7. The Morgan fingerprint density at radius 3 is 2.37 bits per heavy atom. The Morgan fingerprint density at radius 2 is 1.76 bits per heavy atom. The summed E-state index contributed by atoms with van der Waals surface area (Å²) in [6.07, 6.45) is 3.79. The lowest BCUT2D eigenvalue weighted by Crippen LogP contribution is -2.46. The molecule has 0 spiro atoms. The number of nitrogens with zero attached hydrogens (tertiary/aromatic N) is 7. The van der Waals surface area contributed by atoms with Crippen molar-refractivity contribution in [3.05, 3.63) is 84.6 Å². The molecule has 4 rings (SSSR count). The minimum Gasteiger partial charge on any atom is -0.395 e. The summed E-state index contributed by atoms with van der Waals surface area (Å²) in [5, 5.41) is 21.2. The molecular weight excluding hydrogens is 480 g/mol. The van der Waals surface area contributed by atoms with Crippen molar-refractivity contribution in [1.82, 2.24) is 34.7 Å². The van der Waals surface area contributed by atoms with Crippen molar-refractivity contribution in [2.75, 3.05) is 13.2 Å². The number of hydrogen-bond donors (Lipinski definition) is 2. The first-order valence-corrected chi connectivity index (χ1v) is 12.8. The fourth-order valence-electron chi connectivity index (χ4n) is 4.56. The van der Waals surface area contributed by atoms with Gasteiger partial charge in [-0.3, -0.25) is 4.79 Å². The second kappa shape index (κ2) is 12.1. The fraction of sp³-hybridized carbons (Fsp3) is 0.393. The molecule has 0 bridgehead atoms. The monoisotopic (exact) mass is 516 g/mol. The van der Waals surface area contributed by atoms with Gasteiger partial charge in [-0.25, -0.2) is 4.98 Å². The van der Waals surface area contributed by atoms with Crippen LogP contribution < -0.4 is 5.73 Å². The lowest BCUT2D eigenvalue weighted by Gasteiger charge is -2.40. The van der Waals surface area contributed by atoms with Crippen LogP contribution in [-0.2, 0) is 17.9 Å². The zero-order chi connectivity index (χ0) is 27.1. The van der Waals surface area contributed by atoms with Crippen LogP contribution in [0.1, 0.15) is 44.6 Å². The van der Waals surface area contributed by atoms with Gasteiger partial charge in [0.15, 0.2) is 6.33 Å². The summed E-state index contributed by atoms with van der Waals surface area (Å²) in [5.41, 5.74) is 8.65. The first-order valence-electron chi connectivity index (χ1n) is 12.8. The number of carbonyl (C=O) groups is 1. The second-order valence-electron chi connectivity index (χ2n) is 10.5. The summed E-state index contributed by atoms with van der Waals surface area (Å²) >= 11 is 0. The quantitative estimate of drug-likeness (QED) is 0.314. The highest BCUT2D eigenvalue weighted by Gasteiger charge is 2.38. The van der Waals surface area contributed by atoms with E-state index in [9.17, 15) is 9.90 Å². The van der Waals surface area contributed by atoms with Gasteiger partial charge < -0.3 is 20.3 Å². The molecule has 0 aliphatic rings. The third kappa shape index (κ3) is 6.70. The average molecular weight is 517 g/mol. The Kier molecular flexibility index (Phi) is 8.65. The highest BCUT2D eigenvalue weighted by Crippen LogP contribution is 2.39. The second-order valence-corrected chi connectivity index (χ2v) is 10.5. The molecule has 10 heteroatoms. The maximum absolute atomic E-state index is 13.8. The Bertz CT molecular complexity index is 1280. The molecule has 0 radical (unpaired) electrons. The van der Waals surface area contributed by atoms with Gasteiger partial charge in [-0.1, -0.05) is 81.4 Å². The van der Waals surface area contributed by atoms with Crippen LogP contribution in [0.5, 0.6) is 0 Å². The molecular formula is C28H36N8O2. The normalized spacial score (nSPS) is 13.3. The number of rotatable bonds is 11. The van der Waals surface area contributed by atoms with Crippen molar-refractivity contribution >= 4 is 5.91 Å². The molecule has 200 valence electrons. The van der Waals surface area contributed by atoms with Crippen molar-refractivity contribution in [2.45, 2.75) is 52.4 Å². The summed E-state index contributed by atoms with van der Waals surface area (Å²) in [6.45, 7) is 7.02. The van der Waals surface area contributed by atoms with Gasteiger partial charge in [0, 0.05) is 30.9 Å². The molecule has 0 fully saturated rings. The molecule has 2 aromatic heterocycles. The molecule has 1 amide bonds. The highest BCUT2D eigenvalue weighted by molar-refractivity contribution is 5.76. The van der Waals surface area contributed by atoms with Crippen LogP contribution in [0.4, 0.5) is 0 Å². The maximum Gasteiger partial charge on any atom is 0.246 e. The van der Waals surface area contributed by atoms with E-state index in [4.69, 9.17) is 10.7 Å². The first kappa shape index (κ1) is 27.2. The Balaban J connectivity index is 1.81. The van der Waals surface area contributed by atoms with Gasteiger partial charge in [0.05, 0.1) is 18.3 Å².